The lowest BCUT2D eigenvalue weighted by molar-refractivity contribution is 0.675. The topological polar surface area (TPSA) is 42.7 Å². The molecule has 0 aromatic carbocycles. The zero-order valence-electron chi connectivity index (χ0n) is 9.81. The second kappa shape index (κ2) is 4.35. The first-order valence-electron chi connectivity index (χ1n) is 5.34. The van der Waals surface area contributed by atoms with E-state index in [1.165, 1.54) is 0 Å². The Hall–Kier alpha value is -1.84. The van der Waals surface area contributed by atoms with Crippen molar-refractivity contribution in [3.63, 3.8) is 0 Å². The Morgan fingerprint density at radius 2 is 2.12 bits per heavy atom. The number of pyridine rings is 1. The summed E-state index contributed by atoms with van der Waals surface area (Å²) in [5, 5.41) is 7.59. The SMILES string of the molecule is Cc1ncccc1NC(C)c1ccnn1C. The van der Waals surface area contributed by atoms with Crippen LogP contribution in [0.1, 0.15) is 24.4 Å². The Morgan fingerprint density at radius 3 is 2.75 bits per heavy atom. The first-order valence-corrected chi connectivity index (χ1v) is 5.34. The fourth-order valence-corrected chi connectivity index (χ4v) is 1.75. The number of anilines is 1. The molecule has 0 fully saturated rings. The van der Waals surface area contributed by atoms with Crippen molar-refractivity contribution in [2.45, 2.75) is 19.9 Å². The van der Waals surface area contributed by atoms with Gasteiger partial charge in [0.2, 0.25) is 0 Å². The fraction of sp³-hybridized carbons (Fsp3) is 0.333. The number of hydrogen-bond acceptors (Lipinski definition) is 3. The molecule has 2 aromatic rings. The molecule has 0 amide bonds. The summed E-state index contributed by atoms with van der Waals surface area (Å²) in [4.78, 5) is 4.25. The van der Waals surface area contributed by atoms with Crippen LogP contribution in [-0.2, 0) is 7.05 Å². The van der Waals surface area contributed by atoms with Crippen LogP contribution >= 0.6 is 0 Å². The van der Waals surface area contributed by atoms with Gasteiger partial charge in [0.05, 0.1) is 23.1 Å². The van der Waals surface area contributed by atoms with E-state index in [0.29, 0.717) is 0 Å². The summed E-state index contributed by atoms with van der Waals surface area (Å²) in [5.41, 5.74) is 3.23. The second-order valence-electron chi connectivity index (χ2n) is 3.88. The molecule has 16 heavy (non-hydrogen) atoms. The minimum Gasteiger partial charge on any atom is -0.375 e. The maximum Gasteiger partial charge on any atom is 0.0654 e. The largest absolute Gasteiger partial charge is 0.375 e. The van der Waals surface area contributed by atoms with Crippen LogP contribution < -0.4 is 5.32 Å². The van der Waals surface area contributed by atoms with Gasteiger partial charge in [-0.25, -0.2) is 0 Å². The average molecular weight is 216 g/mol. The third-order valence-electron chi connectivity index (χ3n) is 2.68. The van der Waals surface area contributed by atoms with Gasteiger partial charge in [-0.1, -0.05) is 0 Å². The average Bonchev–Trinajstić information content (AvgIpc) is 2.68. The highest BCUT2D eigenvalue weighted by atomic mass is 15.3. The molecule has 4 heteroatoms. The minimum atomic E-state index is 0.218. The number of rotatable bonds is 3. The van der Waals surface area contributed by atoms with Crippen molar-refractivity contribution >= 4 is 5.69 Å². The molecule has 1 atom stereocenters. The first kappa shape index (κ1) is 10.7. The van der Waals surface area contributed by atoms with Crippen LogP contribution in [0.4, 0.5) is 5.69 Å². The quantitative estimate of drug-likeness (QED) is 0.856. The number of hydrogen-bond donors (Lipinski definition) is 1. The van der Waals surface area contributed by atoms with Crippen LogP contribution in [-0.4, -0.2) is 14.8 Å². The number of aromatic nitrogens is 3. The minimum absolute atomic E-state index is 0.218. The van der Waals surface area contributed by atoms with E-state index in [2.05, 4.69) is 22.3 Å². The van der Waals surface area contributed by atoms with Crippen molar-refractivity contribution in [2.75, 3.05) is 5.32 Å². The van der Waals surface area contributed by atoms with Crippen LogP contribution in [0.25, 0.3) is 0 Å². The summed E-state index contributed by atoms with van der Waals surface area (Å²) >= 11 is 0. The van der Waals surface area contributed by atoms with Crippen molar-refractivity contribution < 1.29 is 0 Å². The van der Waals surface area contributed by atoms with E-state index in [1.54, 1.807) is 6.20 Å². The summed E-state index contributed by atoms with van der Waals surface area (Å²) in [6.07, 6.45) is 3.61. The van der Waals surface area contributed by atoms with Crippen molar-refractivity contribution in [3.05, 3.63) is 42.0 Å². The predicted octanol–water partition coefficient (Wildman–Crippen LogP) is 2.30. The second-order valence-corrected chi connectivity index (χ2v) is 3.88. The van der Waals surface area contributed by atoms with E-state index >= 15 is 0 Å². The van der Waals surface area contributed by atoms with E-state index in [1.807, 2.05) is 43.0 Å². The molecule has 2 aromatic heterocycles. The van der Waals surface area contributed by atoms with Crippen LogP contribution in [0.5, 0.6) is 0 Å². The van der Waals surface area contributed by atoms with Gasteiger partial charge in [-0.2, -0.15) is 5.10 Å². The first-order chi connectivity index (χ1) is 7.68. The number of nitrogens with zero attached hydrogens (tertiary/aromatic N) is 3. The predicted molar refractivity (Wildman–Crippen MR) is 64.2 cm³/mol. The van der Waals surface area contributed by atoms with Gasteiger partial charge in [0, 0.05) is 19.4 Å². The monoisotopic (exact) mass is 216 g/mol. The summed E-state index contributed by atoms with van der Waals surface area (Å²) in [7, 11) is 1.95. The van der Waals surface area contributed by atoms with Gasteiger partial charge in [-0.3, -0.25) is 9.67 Å². The third-order valence-corrected chi connectivity index (χ3v) is 2.68. The Bertz CT molecular complexity index is 475. The zero-order valence-corrected chi connectivity index (χ0v) is 9.81. The zero-order chi connectivity index (χ0) is 11.5. The van der Waals surface area contributed by atoms with Crippen molar-refractivity contribution in [3.8, 4) is 0 Å². The molecule has 1 N–H and O–H groups in total. The maximum atomic E-state index is 4.25. The fourth-order valence-electron chi connectivity index (χ4n) is 1.75. The van der Waals surface area contributed by atoms with E-state index in [0.717, 1.165) is 17.1 Å². The standard InChI is InChI=1S/C12H16N4/c1-9-11(5-4-7-13-9)15-10(2)12-6-8-14-16(12)3/h4-8,10,15H,1-3H3. The Kier molecular flexibility index (Phi) is 2.90. The van der Waals surface area contributed by atoms with Gasteiger partial charge in [0.25, 0.3) is 0 Å². The number of aryl methyl sites for hydroxylation is 2. The van der Waals surface area contributed by atoms with Gasteiger partial charge in [-0.15, -0.1) is 0 Å². The Morgan fingerprint density at radius 1 is 1.31 bits per heavy atom. The lowest BCUT2D eigenvalue weighted by Crippen LogP contribution is -2.12. The summed E-state index contributed by atoms with van der Waals surface area (Å²) < 4.78 is 1.88. The normalized spacial score (nSPS) is 12.4. The van der Waals surface area contributed by atoms with Gasteiger partial charge in [0.15, 0.2) is 0 Å². The molecule has 0 saturated heterocycles. The van der Waals surface area contributed by atoms with Crippen molar-refractivity contribution in [1.82, 2.24) is 14.8 Å². The molecule has 0 saturated carbocycles. The van der Waals surface area contributed by atoms with Crippen LogP contribution in [0.2, 0.25) is 0 Å². The molecular formula is C12H16N4. The maximum absolute atomic E-state index is 4.25. The molecule has 0 radical (unpaired) electrons. The Labute approximate surface area is 95.3 Å². The molecule has 0 spiro atoms. The molecule has 0 aliphatic rings. The summed E-state index contributed by atoms with van der Waals surface area (Å²) in [6, 6.07) is 6.21. The molecule has 0 aliphatic heterocycles. The van der Waals surface area contributed by atoms with E-state index in [4.69, 9.17) is 0 Å². The molecule has 0 aliphatic carbocycles. The van der Waals surface area contributed by atoms with E-state index < -0.39 is 0 Å². The van der Waals surface area contributed by atoms with Gasteiger partial charge in [0.1, 0.15) is 0 Å². The highest BCUT2D eigenvalue weighted by Crippen LogP contribution is 2.19. The molecule has 84 valence electrons. The van der Waals surface area contributed by atoms with Crippen LogP contribution in [0, 0.1) is 6.92 Å². The summed E-state index contributed by atoms with van der Waals surface area (Å²) in [5.74, 6) is 0. The van der Waals surface area contributed by atoms with Gasteiger partial charge < -0.3 is 5.32 Å². The lowest BCUT2D eigenvalue weighted by atomic mass is 10.2. The van der Waals surface area contributed by atoms with Crippen LogP contribution in [0.3, 0.4) is 0 Å². The van der Waals surface area contributed by atoms with Gasteiger partial charge >= 0.3 is 0 Å². The molecule has 2 rings (SSSR count). The third kappa shape index (κ3) is 2.05. The molecule has 1 unspecified atom stereocenters. The number of nitrogens with one attached hydrogen (secondary N) is 1. The smallest absolute Gasteiger partial charge is 0.0654 e. The van der Waals surface area contributed by atoms with Crippen molar-refractivity contribution in [2.24, 2.45) is 7.05 Å². The molecular weight excluding hydrogens is 200 g/mol. The highest BCUT2D eigenvalue weighted by Gasteiger charge is 2.09. The van der Waals surface area contributed by atoms with Crippen LogP contribution in [0.15, 0.2) is 30.6 Å². The molecule has 2 heterocycles. The molecule has 0 bridgehead atoms. The lowest BCUT2D eigenvalue weighted by Gasteiger charge is -2.16. The molecule has 4 nitrogen and oxygen atoms in total. The van der Waals surface area contributed by atoms with E-state index in [-0.39, 0.29) is 6.04 Å². The Balaban J connectivity index is 2.17. The highest BCUT2D eigenvalue weighted by molar-refractivity contribution is 5.48. The van der Waals surface area contributed by atoms with Crippen molar-refractivity contribution in [1.29, 1.82) is 0 Å². The van der Waals surface area contributed by atoms with E-state index in [9.17, 15) is 0 Å². The van der Waals surface area contributed by atoms with Gasteiger partial charge in [-0.05, 0) is 32.0 Å². The summed E-state index contributed by atoms with van der Waals surface area (Å²) in [6.45, 7) is 4.11.